The molecule has 3 aromatic rings. The van der Waals surface area contributed by atoms with Crippen LogP contribution in [0.15, 0.2) is 54.7 Å². The fraction of sp³-hybridized carbons (Fsp3) is 0.387. The average Bonchev–Trinajstić information content (AvgIpc) is 3.40. The third kappa shape index (κ3) is 9.30. The van der Waals surface area contributed by atoms with Gasteiger partial charge < -0.3 is 42.6 Å². The van der Waals surface area contributed by atoms with E-state index in [-0.39, 0.29) is 31.4 Å². The molecule has 0 saturated heterocycles. The van der Waals surface area contributed by atoms with E-state index in [0.29, 0.717) is 17.5 Å². The molecule has 1 aromatic heterocycles. The van der Waals surface area contributed by atoms with Crippen LogP contribution >= 0.6 is 0 Å². The zero-order valence-corrected chi connectivity index (χ0v) is 24.7. The SMILES string of the molecule is CCC(C)C(NC(=O)C(CCC(N)=O)NC(=O)C(N)Cc1ccc(O)cc1)C(=O)NC(Cc1c[nH]c2ccccc12)C(=O)O. The molecule has 10 N–H and O–H groups in total. The minimum atomic E-state index is -1.28. The molecule has 0 saturated carbocycles. The van der Waals surface area contributed by atoms with Crippen LogP contribution in [0.5, 0.6) is 5.75 Å². The lowest BCUT2D eigenvalue weighted by molar-refractivity contribution is -0.142. The summed E-state index contributed by atoms with van der Waals surface area (Å²) in [6.07, 6.45) is 1.90. The Morgan fingerprint density at radius 2 is 1.55 bits per heavy atom. The van der Waals surface area contributed by atoms with E-state index in [2.05, 4.69) is 20.9 Å². The van der Waals surface area contributed by atoms with Gasteiger partial charge in [-0.2, -0.15) is 0 Å². The fourth-order valence-electron chi connectivity index (χ4n) is 4.75. The highest BCUT2D eigenvalue weighted by Gasteiger charge is 2.33. The van der Waals surface area contributed by atoms with Gasteiger partial charge in [-0.15, -0.1) is 0 Å². The van der Waals surface area contributed by atoms with Crippen LogP contribution in [0.2, 0.25) is 0 Å². The van der Waals surface area contributed by atoms with Gasteiger partial charge in [0.25, 0.3) is 0 Å². The predicted octanol–water partition coefficient (Wildman–Crippen LogP) is 0.837. The van der Waals surface area contributed by atoms with Gasteiger partial charge in [-0.25, -0.2) is 4.79 Å². The summed E-state index contributed by atoms with van der Waals surface area (Å²) in [5.41, 5.74) is 13.6. The van der Waals surface area contributed by atoms with Crippen LogP contribution in [0, 0.1) is 5.92 Å². The minimum Gasteiger partial charge on any atom is -0.508 e. The van der Waals surface area contributed by atoms with E-state index in [1.807, 2.05) is 31.2 Å². The van der Waals surface area contributed by atoms with Crippen molar-refractivity contribution in [2.45, 2.75) is 70.1 Å². The number of hydrogen-bond donors (Lipinski definition) is 8. The van der Waals surface area contributed by atoms with Crippen molar-refractivity contribution in [3.05, 3.63) is 65.9 Å². The topological polar surface area (TPSA) is 230 Å². The number of aromatic nitrogens is 1. The highest BCUT2D eigenvalue weighted by Crippen LogP contribution is 2.20. The summed E-state index contributed by atoms with van der Waals surface area (Å²) in [5.74, 6) is -4.41. The Hall–Kier alpha value is -4.91. The van der Waals surface area contributed by atoms with Crippen molar-refractivity contribution in [3.63, 3.8) is 0 Å². The number of nitrogens with two attached hydrogens (primary N) is 2. The van der Waals surface area contributed by atoms with Gasteiger partial charge in [0.15, 0.2) is 0 Å². The molecule has 0 fully saturated rings. The number of amides is 4. The number of hydrogen-bond acceptors (Lipinski definition) is 7. The van der Waals surface area contributed by atoms with Gasteiger partial charge in [-0.3, -0.25) is 19.2 Å². The van der Waals surface area contributed by atoms with Crippen LogP contribution in [0.3, 0.4) is 0 Å². The summed E-state index contributed by atoms with van der Waals surface area (Å²) in [4.78, 5) is 66.5. The molecule has 0 aliphatic rings. The summed E-state index contributed by atoms with van der Waals surface area (Å²) < 4.78 is 0. The smallest absolute Gasteiger partial charge is 0.326 e. The number of phenols is 1. The number of primary amides is 1. The molecule has 4 amide bonds. The normalized spacial score (nSPS) is 14.5. The first kappa shape index (κ1) is 33.6. The summed E-state index contributed by atoms with van der Waals surface area (Å²) in [7, 11) is 0. The fourth-order valence-corrected chi connectivity index (χ4v) is 4.75. The third-order valence-corrected chi connectivity index (χ3v) is 7.55. The molecule has 2 aromatic carbocycles. The largest absolute Gasteiger partial charge is 0.508 e. The molecule has 3 rings (SSSR count). The predicted molar refractivity (Wildman–Crippen MR) is 163 cm³/mol. The number of aromatic amines is 1. The lowest BCUT2D eigenvalue weighted by Crippen LogP contribution is -2.59. The van der Waals surface area contributed by atoms with Gasteiger partial charge in [0.1, 0.15) is 23.9 Å². The number of para-hydroxylation sites is 1. The number of aromatic hydroxyl groups is 1. The summed E-state index contributed by atoms with van der Waals surface area (Å²) in [6, 6.07) is 8.78. The minimum absolute atomic E-state index is 0.00245. The second kappa shape index (κ2) is 15.5. The van der Waals surface area contributed by atoms with Gasteiger partial charge in [0.2, 0.25) is 23.6 Å². The maximum atomic E-state index is 13.4. The van der Waals surface area contributed by atoms with Crippen LogP contribution in [0.1, 0.15) is 44.2 Å². The lowest BCUT2D eigenvalue weighted by Gasteiger charge is -2.28. The van der Waals surface area contributed by atoms with Crippen molar-refractivity contribution in [1.82, 2.24) is 20.9 Å². The quantitative estimate of drug-likeness (QED) is 0.116. The van der Waals surface area contributed by atoms with E-state index in [9.17, 15) is 34.2 Å². The molecule has 236 valence electrons. The Morgan fingerprint density at radius 3 is 2.18 bits per heavy atom. The molecular formula is C31H40N6O7. The van der Waals surface area contributed by atoms with Gasteiger partial charge in [-0.05, 0) is 48.1 Å². The Kier molecular flexibility index (Phi) is 11.9. The Bertz CT molecular complexity index is 1470. The first-order valence-electron chi connectivity index (χ1n) is 14.4. The van der Waals surface area contributed by atoms with Gasteiger partial charge in [0.05, 0.1) is 6.04 Å². The Morgan fingerprint density at radius 1 is 0.886 bits per heavy atom. The maximum Gasteiger partial charge on any atom is 0.326 e. The number of carbonyl (C=O) groups excluding carboxylic acids is 4. The number of carboxylic acid groups (broad SMARTS) is 1. The van der Waals surface area contributed by atoms with E-state index >= 15 is 0 Å². The van der Waals surface area contributed by atoms with Crippen LogP contribution in [0.25, 0.3) is 10.9 Å². The number of phenolic OH excluding ortho intramolecular Hbond substituents is 1. The lowest BCUT2D eigenvalue weighted by atomic mass is 9.96. The maximum absolute atomic E-state index is 13.4. The number of benzene rings is 2. The molecule has 1 heterocycles. The number of carbonyl (C=O) groups is 5. The van der Waals surface area contributed by atoms with Crippen LogP contribution < -0.4 is 27.4 Å². The van der Waals surface area contributed by atoms with E-state index in [4.69, 9.17) is 11.5 Å². The van der Waals surface area contributed by atoms with Crippen molar-refractivity contribution in [1.29, 1.82) is 0 Å². The molecule has 44 heavy (non-hydrogen) atoms. The molecule has 0 radical (unpaired) electrons. The zero-order chi connectivity index (χ0) is 32.4. The van der Waals surface area contributed by atoms with Crippen molar-refractivity contribution in [3.8, 4) is 5.75 Å². The van der Waals surface area contributed by atoms with Crippen molar-refractivity contribution < 1.29 is 34.2 Å². The zero-order valence-electron chi connectivity index (χ0n) is 24.7. The van der Waals surface area contributed by atoms with E-state index in [1.165, 1.54) is 12.1 Å². The molecule has 0 aliphatic heterocycles. The highest BCUT2D eigenvalue weighted by molar-refractivity contribution is 5.95. The van der Waals surface area contributed by atoms with E-state index in [0.717, 1.165) is 10.9 Å². The number of fused-ring (bicyclic) bond motifs is 1. The molecule has 5 unspecified atom stereocenters. The second-order valence-electron chi connectivity index (χ2n) is 10.9. The third-order valence-electron chi connectivity index (χ3n) is 7.55. The monoisotopic (exact) mass is 608 g/mol. The summed E-state index contributed by atoms with van der Waals surface area (Å²) in [6.45, 7) is 3.54. The second-order valence-corrected chi connectivity index (χ2v) is 10.9. The first-order chi connectivity index (χ1) is 20.9. The molecule has 5 atom stereocenters. The van der Waals surface area contributed by atoms with Crippen molar-refractivity contribution in [2.75, 3.05) is 0 Å². The van der Waals surface area contributed by atoms with Crippen LogP contribution in [-0.2, 0) is 36.8 Å². The molecule has 13 heteroatoms. The molecule has 0 bridgehead atoms. The highest BCUT2D eigenvalue weighted by atomic mass is 16.4. The summed E-state index contributed by atoms with van der Waals surface area (Å²) in [5, 5.41) is 27.9. The van der Waals surface area contributed by atoms with E-state index < -0.39 is 59.7 Å². The molecule has 0 aliphatic carbocycles. The number of aliphatic carboxylic acids is 1. The Labute approximate surface area is 254 Å². The Balaban J connectivity index is 1.73. The number of rotatable bonds is 16. The standard InChI is InChI=1S/C31H40N6O7/c1-3-17(2)27(30(42)36-25(31(43)44)15-19-16-34-23-7-5-4-6-21(19)23)37-29(41)24(12-13-26(33)39)35-28(40)22(32)14-18-8-10-20(38)11-9-18/h4-11,16-17,22,24-25,27,34,38H,3,12-15,32H2,1-2H3,(H2,33,39)(H,35,40)(H,36,42)(H,37,41)(H,43,44). The number of H-pyrrole nitrogens is 1. The van der Waals surface area contributed by atoms with Gasteiger partial charge >= 0.3 is 5.97 Å². The number of nitrogens with one attached hydrogen (secondary N) is 4. The average molecular weight is 609 g/mol. The first-order valence-corrected chi connectivity index (χ1v) is 14.4. The molecule has 0 spiro atoms. The summed E-state index contributed by atoms with van der Waals surface area (Å²) >= 11 is 0. The van der Waals surface area contributed by atoms with Crippen LogP contribution in [0.4, 0.5) is 0 Å². The van der Waals surface area contributed by atoms with Crippen LogP contribution in [-0.4, -0.2) is 69.0 Å². The molecular weight excluding hydrogens is 568 g/mol. The number of carboxylic acids is 1. The van der Waals surface area contributed by atoms with Crippen molar-refractivity contribution >= 4 is 40.5 Å². The van der Waals surface area contributed by atoms with Gasteiger partial charge in [-0.1, -0.05) is 50.6 Å². The molecule has 13 nitrogen and oxygen atoms in total. The van der Waals surface area contributed by atoms with E-state index in [1.54, 1.807) is 25.3 Å². The van der Waals surface area contributed by atoms with Gasteiger partial charge in [0, 0.05) is 29.9 Å². The van der Waals surface area contributed by atoms with Crippen molar-refractivity contribution in [2.24, 2.45) is 17.4 Å².